The van der Waals surface area contributed by atoms with Crippen LogP contribution in [0.1, 0.15) is 13.8 Å². The molecule has 0 aliphatic rings. The topological polar surface area (TPSA) is 66.5 Å². The molecule has 0 aliphatic carbocycles. The van der Waals surface area contributed by atoms with Crippen LogP contribution in [-0.4, -0.2) is 31.7 Å². The van der Waals surface area contributed by atoms with Crippen LogP contribution in [0.2, 0.25) is 0 Å². The zero-order chi connectivity index (χ0) is 19.0. The Hall–Kier alpha value is -2.09. The Morgan fingerprint density at radius 2 is 1.65 bits per heavy atom. The van der Waals surface area contributed by atoms with Gasteiger partial charge >= 0.3 is 0 Å². The van der Waals surface area contributed by atoms with Gasteiger partial charge in [0.25, 0.3) is 0 Å². The third kappa shape index (κ3) is 5.45. The second kappa shape index (κ2) is 9.56. The Kier molecular flexibility index (Phi) is 7.44. The van der Waals surface area contributed by atoms with Gasteiger partial charge < -0.3 is 5.32 Å². The number of nitrogens with one attached hydrogen (secondary N) is 1. The molecule has 2 aromatic carbocycles. The Morgan fingerprint density at radius 3 is 2.23 bits per heavy atom. The highest BCUT2D eigenvalue weighted by Gasteiger charge is 2.21. The maximum atomic E-state index is 12.4. The largest absolute Gasteiger partial charge is 0.322 e. The van der Waals surface area contributed by atoms with E-state index in [1.165, 1.54) is 34.3 Å². The van der Waals surface area contributed by atoms with Crippen molar-refractivity contribution in [1.82, 2.24) is 4.31 Å². The predicted molar refractivity (Wildman–Crippen MR) is 107 cm³/mol. The van der Waals surface area contributed by atoms with Crippen LogP contribution in [0.5, 0.6) is 0 Å². The van der Waals surface area contributed by atoms with Gasteiger partial charge in [-0.05, 0) is 41.8 Å². The molecule has 0 saturated carbocycles. The van der Waals surface area contributed by atoms with Crippen LogP contribution in [0.15, 0.2) is 75.9 Å². The summed E-state index contributed by atoms with van der Waals surface area (Å²) in [7, 11) is -3.49. The number of rotatable bonds is 8. The van der Waals surface area contributed by atoms with E-state index in [1.54, 1.807) is 31.4 Å². The van der Waals surface area contributed by atoms with Crippen LogP contribution in [-0.2, 0) is 14.8 Å². The van der Waals surface area contributed by atoms with Gasteiger partial charge in [0.15, 0.2) is 0 Å². The Morgan fingerprint density at radius 1 is 1.04 bits per heavy atom. The van der Waals surface area contributed by atoms with E-state index in [-0.39, 0.29) is 10.8 Å². The molecule has 138 valence electrons. The number of nitrogens with zero attached hydrogens (tertiary/aromatic N) is 1. The maximum absolute atomic E-state index is 12.4. The third-order valence-corrected chi connectivity index (χ3v) is 6.51. The van der Waals surface area contributed by atoms with Crippen molar-refractivity contribution >= 4 is 33.4 Å². The van der Waals surface area contributed by atoms with Gasteiger partial charge in [0, 0.05) is 29.7 Å². The molecule has 1 amide bonds. The van der Waals surface area contributed by atoms with E-state index in [4.69, 9.17) is 0 Å². The van der Waals surface area contributed by atoms with Crippen molar-refractivity contribution < 1.29 is 13.2 Å². The number of carbonyl (C=O) groups is 1. The second-order valence-electron chi connectivity index (χ2n) is 5.34. The fraction of sp³-hybridized carbons (Fsp3) is 0.211. The molecule has 0 aromatic heterocycles. The smallest absolute Gasteiger partial charge is 0.248 e. The molecule has 1 N–H and O–H groups in total. The average Bonchev–Trinajstić information content (AvgIpc) is 2.64. The van der Waals surface area contributed by atoms with Crippen LogP contribution < -0.4 is 5.32 Å². The van der Waals surface area contributed by atoms with E-state index in [9.17, 15) is 13.2 Å². The lowest BCUT2D eigenvalue weighted by Gasteiger charge is -2.18. The highest BCUT2D eigenvalue weighted by Crippen LogP contribution is 2.19. The van der Waals surface area contributed by atoms with E-state index < -0.39 is 10.0 Å². The number of anilines is 1. The Labute approximate surface area is 159 Å². The fourth-order valence-electron chi connectivity index (χ4n) is 2.28. The summed E-state index contributed by atoms with van der Waals surface area (Å²) in [6, 6.07) is 15.9. The first-order valence-electron chi connectivity index (χ1n) is 8.26. The predicted octanol–water partition coefficient (Wildman–Crippen LogP) is 3.96. The standard InChI is InChI=1S/C19H22N2O3S2/c1-3-21(4-2)26(23,24)18-12-10-16(11-13-18)20-19(22)14-15-25-17-8-6-5-7-9-17/h5-15H,3-4H2,1-2H3,(H,20,22)/b15-14+. The molecule has 0 fully saturated rings. The first kappa shape index (κ1) is 20.2. The Bertz CT molecular complexity index is 844. The lowest BCUT2D eigenvalue weighted by Crippen LogP contribution is -2.30. The molecule has 0 unspecified atom stereocenters. The number of thioether (sulfide) groups is 1. The first-order chi connectivity index (χ1) is 12.5. The summed E-state index contributed by atoms with van der Waals surface area (Å²) in [6.07, 6.45) is 1.44. The van der Waals surface area contributed by atoms with E-state index in [2.05, 4.69) is 5.32 Å². The minimum absolute atomic E-state index is 0.217. The molecular formula is C19H22N2O3S2. The minimum Gasteiger partial charge on any atom is -0.322 e. The number of sulfonamides is 1. The summed E-state index contributed by atoms with van der Waals surface area (Å²) < 4.78 is 26.3. The number of hydrogen-bond donors (Lipinski definition) is 1. The fourth-order valence-corrected chi connectivity index (χ4v) is 4.40. The second-order valence-corrected chi connectivity index (χ2v) is 8.25. The van der Waals surface area contributed by atoms with Crippen molar-refractivity contribution in [2.45, 2.75) is 23.6 Å². The van der Waals surface area contributed by atoms with Gasteiger partial charge in [0.05, 0.1) is 4.90 Å². The summed E-state index contributed by atoms with van der Waals surface area (Å²) in [6.45, 7) is 4.44. The van der Waals surface area contributed by atoms with Crippen molar-refractivity contribution in [2.75, 3.05) is 18.4 Å². The number of benzene rings is 2. The van der Waals surface area contributed by atoms with Crippen molar-refractivity contribution in [1.29, 1.82) is 0 Å². The van der Waals surface area contributed by atoms with Crippen LogP contribution in [0, 0.1) is 0 Å². The molecule has 2 aromatic rings. The molecule has 0 atom stereocenters. The monoisotopic (exact) mass is 390 g/mol. The van der Waals surface area contributed by atoms with Crippen LogP contribution in [0.4, 0.5) is 5.69 Å². The van der Waals surface area contributed by atoms with Gasteiger partial charge in [-0.2, -0.15) is 4.31 Å². The quantitative estimate of drug-likeness (QED) is 0.547. The SMILES string of the molecule is CCN(CC)S(=O)(=O)c1ccc(NC(=O)/C=C/Sc2ccccc2)cc1. The van der Waals surface area contributed by atoms with E-state index in [1.807, 2.05) is 30.3 Å². The van der Waals surface area contributed by atoms with E-state index in [0.717, 1.165) is 4.90 Å². The summed E-state index contributed by atoms with van der Waals surface area (Å²) in [4.78, 5) is 13.2. The maximum Gasteiger partial charge on any atom is 0.248 e. The average molecular weight is 391 g/mol. The molecule has 5 nitrogen and oxygen atoms in total. The van der Waals surface area contributed by atoms with Gasteiger partial charge in [-0.3, -0.25) is 4.79 Å². The number of hydrogen-bond acceptors (Lipinski definition) is 4. The number of amides is 1. The zero-order valence-electron chi connectivity index (χ0n) is 14.8. The summed E-state index contributed by atoms with van der Waals surface area (Å²) in [5.41, 5.74) is 0.544. The van der Waals surface area contributed by atoms with Crippen molar-refractivity contribution in [3.63, 3.8) is 0 Å². The minimum atomic E-state index is -3.49. The highest BCUT2D eigenvalue weighted by atomic mass is 32.2. The molecule has 0 aliphatic heterocycles. The lowest BCUT2D eigenvalue weighted by atomic mass is 10.3. The molecule has 0 radical (unpaired) electrons. The summed E-state index contributed by atoms with van der Waals surface area (Å²) in [5, 5.41) is 4.43. The van der Waals surface area contributed by atoms with Gasteiger partial charge in [0.1, 0.15) is 0 Å². The molecule has 0 spiro atoms. The van der Waals surface area contributed by atoms with Crippen LogP contribution >= 0.6 is 11.8 Å². The number of carbonyl (C=O) groups excluding carboxylic acids is 1. The first-order valence-corrected chi connectivity index (χ1v) is 10.6. The van der Waals surface area contributed by atoms with Crippen LogP contribution in [0.25, 0.3) is 0 Å². The lowest BCUT2D eigenvalue weighted by molar-refractivity contribution is -0.111. The molecule has 0 bridgehead atoms. The van der Waals surface area contributed by atoms with E-state index >= 15 is 0 Å². The summed E-state index contributed by atoms with van der Waals surface area (Å²) >= 11 is 1.45. The third-order valence-electron chi connectivity index (χ3n) is 3.63. The molecule has 26 heavy (non-hydrogen) atoms. The van der Waals surface area contributed by atoms with Crippen molar-refractivity contribution in [3.05, 3.63) is 66.1 Å². The molecule has 0 saturated heterocycles. The van der Waals surface area contributed by atoms with Crippen molar-refractivity contribution in [3.8, 4) is 0 Å². The Balaban J connectivity index is 1.97. The molecule has 7 heteroatoms. The van der Waals surface area contributed by atoms with Crippen molar-refractivity contribution in [2.24, 2.45) is 0 Å². The van der Waals surface area contributed by atoms with Crippen LogP contribution in [0.3, 0.4) is 0 Å². The van der Waals surface area contributed by atoms with Gasteiger partial charge in [-0.1, -0.05) is 43.8 Å². The molecular weight excluding hydrogens is 368 g/mol. The normalized spacial score (nSPS) is 11.8. The van der Waals surface area contributed by atoms with Gasteiger partial charge in [-0.25, -0.2) is 8.42 Å². The highest BCUT2D eigenvalue weighted by molar-refractivity contribution is 8.02. The molecule has 2 rings (SSSR count). The van der Waals surface area contributed by atoms with Gasteiger partial charge in [0.2, 0.25) is 15.9 Å². The zero-order valence-corrected chi connectivity index (χ0v) is 16.4. The van der Waals surface area contributed by atoms with E-state index in [0.29, 0.717) is 18.8 Å². The summed E-state index contributed by atoms with van der Waals surface area (Å²) in [5.74, 6) is -0.271. The van der Waals surface area contributed by atoms with Gasteiger partial charge in [-0.15, -0.1) is 0 Å². The molecule has 0 heterocycles.